The van der Waals surface area contributed by atoms with Crippen molar-refractivity contribution in [1.82, 2.24) is 0 Å². The second-order valence-corrected chi connectivity index (χ2v) is 9.21. The molecule has 2 heterocycles. The Morgan fingerprint density at radius 3 is 2.73 bits per heavy atom. The molecule has 33 heavy (non-hydrogen) atoms. The fraction of sp³-hybridized carbons (Fsp3) is 0.192. The van der Waals surface area contributed by atoms with E-state index in [1.807, 2.05) is 31.2 Å². The van der Waals surface area contributed by atoms with E-state index in [0.29, 0.717) is 27.2 Å². The number of nitriles is 1. The van der Waals surface area contributed by atoms with Crippen molar-refractivity contribution in [2.75, 3.05) is 5.32 Å². The van der Waals surface area contributed by atoms with Crippen LogP contribution in [-0.4, -0.2) is 11.0 Å². The molecule has 7 heteroatoms. The van der Waals surface area contributed by atoms with Gasteiger partial charge in [-0.25, -0.2) is 4.99 Å². The smallest absolute Gasteiger partial charge is 0.261 e. The van der Waals surface area contributed by atoms with Crippen LogP contribution in [0.25, 0.3) is 11.0 Å². The third-order valence-corrected chi connectivity index (χ3v) is 6.94. The fourth-order valence-electron chi connectivity index (χ4n) is 4.03. The van der Waals surface area contributed by atoms with Crippen LogP contribution in [0.1, 0.15) is 44.8 Å². The zero-order valence-electron chi connectivity index (χ0n) is 18.0. The predicted octanol–water partition coefficient (Wildman–Crippen LogP) is 5.74. The molecule has 164 valence electrons. The maximum atomic E-state index is 13.2. The van der Waals surface area contributed by atoms with Gasteiger partial charge in [0.1, 0.15) is 28.0 Å². The number of amides is 1. The average Bonchev–Trinajstić information content (AvgIpc) is 3.17. The zero-order chi connectivity index (χ0) is 22.9. The van der Waals surface area contributed by atoms with Crippen molar-refractivity contribution in [1.29, 1.82) is 5.26 Å². The fourth-order valence-corrected chi connectivity index (χ4v) is 5.23. The van der Waals surface area contributed by atoms with Gasteiger partial charge in [0, 0.05) is 22.0 Å². The number of hydrogen-bond acceptors (Lipinski definition) is 6. The molecule has 1 amide bonds. The second kappa shape index (κ2) is 8.57. The molecule has 0 fully saturated rings. The van der Waals surface area contributed by atoms with E-state index in [2.05, 4.69) is 16.4 Å². The molecular formula is C26H21N3O3S. The van der Waals surface area contributed by atoms with Crippen molar-refractivity contribution < 1.29 is 14.3 Å². The number of hydrogen-bond donors (Lipinski definition) is 2. The van der Waals surface area contributed by atoms with Crippen LogP contribution in [0.15, 0.2) is 57.9 Å². The van der Waals surface area contributed by atoms with E-state index in [0.717, 1.165) is 36.8 Å². The Morgan fingerprint density at radius 2 is 1.94 bits per heavy atom. The number of rotatable bonds is 3. The summed E-state index contributed by atoms with van der Waals surface area (Å²) in [5, 5.41) is 23.8. The van der Waals surface area contributed by atoms with Gasteiger partial charge in [0.25, 0.3) is 5.91 Å². The predicted molar refractivity (Wildman–Crippen MR) is 128 cm³/mol. The third kappa shape index (κ3) is 4.13. The van der Waals surface area contributed by atoms with Crippen LogP contribution >= 0.6 is 11.3 Å². The van der Waals surface area contributed by atoms with Crippen molar-refractivity contribution in [3.8, 4) is 11.8 Å². The lowest BCUT2D eigenvalue weighted by Crippen LogP contribution is -2.21. The molecule has 0 aliphatic heterocycles. The van der Waals surface area contributed by atoms with Gasteiger partial charge in [-0.3, -0.25) is 4.79 Å². The number of carbonyl (C=O) groups excluding carboxylic acids is 1. The summed E-state index contributed by atoms with van der Waals surface area (Å²) in [5.41, 5.74) is 4.14. The normalized spacial score (nSPS) is 13.5. The Balaban J connectivity index is 1.67. The van der Waals surface area contributed by atoms with Crippen LogP contribution in [0.5, 0.6) is 5.75 Å². The first-order valence-corrected chi connectivity index (χ1v) is 11.6. The summed E-state index contributed by atoms with van der Waals surface area (Å²) in [7, 11) is 0. The molecule has 4 aromatic rings. The largest absolute Gasteiger partial charge is 0.508 e. The maximum Gasteiger partial charge on any atom is 0.261 e. The zero-order valence-corrected chi connectivity index (χ0v) is 18.8. The van der Waals surface area contributed by atoms with Gasteiger partial charge in [0.2, 0.25) is 5.55 Å². The first-order chi connectivity index (χ1) is 16.0. The third-order valence-electron chi connectivity index (χ3n) is 5.76. The summed E-state index contributed by atoms with van der Waals surface area (Å²) in [6, 6.07) is 16.2. The molecule has 0 radical (unpaired) electrons. The number of phenolic OH excluding ortho intramolecular Hbond substituents is 1. The van der Waals surface area contributed by atoms with Gasteiger partial charge < -0.3 is 14.8 Å². The van der Waals surface area contributed by atoms with Gasteiger partial charge in [-0.2, -0.15) is 5.26 Å². The standard InChI is InChI=1S/C26H21N3O3S/c1-15-6-9-17(10-7-15)28-24(31)20-12-16-8-11-18(30)13-22(16)32-25(20)29-26-21(14-27)19-4-2-3-5-23(19)33-26/h6-13,30H,2-5H2,1H3,(H,28,31)/b29-25+. The average molecular weight is 456 g/mol. The number of aromatic hydroxyl groups is 1. The first kappa shape index (κ1) is 21.0. The molecule has 0 bridgehead atoms. The summed E-state index contributed by atoms with van der Waals surface area (Å²) in [6.07, 6.45) is 3.96. The van der Waals surface area contributed by atoms with E-state index in [9.17, 15) is 15.2 Å². The lowest BCUT2D eigenvalue weighted by molar-refractivity contribution is 0.102. The lowest BCUT2D eigenvalue weighted by atomic mass is 9.96. The van der Waals surface area contributed by atoms with E-state index >= 15 is 0 Å². The van der Waals surface area contributed by atoms with Crippen LogP contribution in [0, 0.1) is 18.3 Å². The number of benzene rings is 2. The van der Waals surface area contributed by atoms with Gasteiger partial charge in [-0.15, -0.1) is 11.3 Å². The van der Waals surface area contributed by atoms with Crippen LogP contribution in [0.2, 0.25) is 0 Å². The molecule has 1 aliphatic rings. The topological polar surface area (TPSA) is 98.6 Å². The van der Waals surface area contributed by atoms with Crippen molar-refractivity contribution in [2.45, 2.75) is 32.6 Å². The van der Waals surface area contributed by atoms with E-state index < -0.39 is 0 Å². The van der Waals surface area contributed by atoms with Crippen molar-refractivity contribution in [2.24, 2.45) is 4.99 Å². The Morgan fingerprint density at radius 1 is 1.15 bits per heavy atom. The number of fused-ring (bicyclic) bond motifs is 2. The highest BCUT2D eigenvalue weighted by molar-refractivity contribution is 7.16. The second-order valence-electron chi connectivity index (χ2n) is 8.12. The minimum absolute atomic E-state index is 0.0540. The maximum absolute atomic E-state index is 13.2. The van der Waals surface area contributed by atoms with Crippen molar-refractivity contribution >= 4 is 38.9 Å². The molecule has 0 atom stereocenters. The molecule has 0 unspecified atom stereocenters. The highest BCUT2D eigenvalue weighted by atomic mass is 32.1. The van der Waals surface area contributed by atoms with Gasteiger partial charge >= 0.3 is 0 Å². The number of nitrogens with one attached hydrogen (secondary N) is 1. The first-order valence-electron chi connectivity index (χ1n) is 10.8. The quantitative estimate of drug-likeness (QED) is 0.411. The van der Waals surface area contributed by atoms with Gasteiger partial charge in [-0.05, 0) is 68.5 Å². The van der Waals surface area contributed by atoms with E-state index in [1.54, 1.807) is 12.1 Å². The number of phenols is 1. The molecule has 1 aliphatic carbocycles. The van der Waals surface area contributed by atoms with Gasteiger partial charge in [0.05, 0.1) is 5.56 Å². The van der Waals surface area contributed by atoms with Crippen molar-refractivity contribution in [3.63, 3.8) is 0 Å². The molecule has 0 saturated heterocycles. The summed E-state index contributed by atoms with van der Waals surface area (Å²) in [4.78, 5) is 19.1. The molecular weight excluding hydrogens is 434 g/mol. The van der Waals surface area contributed by atoms with Crippen molar-refractivity contribution in [3.05, 3.63) is 81.2 Å². The summed E-state index contributed by atoms with van der Waals surface area (Å²) in [5.74, 6) is -0.311. The number of carbonyl (C=O) groups is 1. The van der Waals surface area contributed by atoms with Crippen LogP contribution in [0.3, 0.4) is 0 Å². The van der Waals surface area contributed by atoms with E-state index in [-0.39, 0.29) is 22.8 Å². The molecule has 0 spiro atoms. The number of thiophene rings is 1. The van der Waals surface area contributed by atoms with Crippen LogP contribution in [0.4, 0.5) is 10.7 Å². The Labute approximate surface area is 194 Å². The molecule has 0 saturated carbocycles. The molecule has 2 N–H and O–H groups in total. The molecule has 2 aromatic heterocycles. The summed E-state index contributed by atoms with van der Waals surface area (Å²) < 4.78 is 6.00. The Bertz CT molecular complexity index is 1490. The molecule has 6 nitrogen and oxygen atoms in total. The monoisotopic (exact) mass is 455 g/mol. The number of anilines is 1. The molecule has 2 aromatic carbocycles. The highest BCUT2D eigenvalue weighted by Gasteiger charge is 2.21. The van der Waals surface area contributed by atoms with E-state index in [4.69, 9.17) is 4.42 Å². The van der Waals surface area contributed by atoms with Crippen LogP contribution < -0.4 is 10.9 Å². The van der Waals surface area contributed by atoms with Crippen LogP contribution in [-0.2, 0) is 12.8 Å². The van der Waals surface area contributed by atoms with Gasteiger partial charge in [0.15, 0.2) is 0 Å². The Kier molecular flexibility index (Phi) is 5.45. The molecule has 5 rings (SSSR count). The highest BCUT2D eigenvalue weighted by Crippen LogP contribution is 2.39. The summed E-state index contributed by atoms with van der Waals surface area (Å²) >= 11 is 1.49. The van der Waals surface area contributed by atoms with E-state index in [1.165, 1.54) is 28.3 Å². The number of aryl methyl sites for hydroxylation is 2. The Hall–Kier alpha value is -3.89. The minimum Gasteiger partial charge on any atom is -0.508 e. The number of nitrogens with zero attached hydrogens (tertiary/aromatic N) is 2. The summed E-state index contributed by atoms with van der Waals surface area (Å²) in [6.45, 7) is 1.98. The SMILES string of the molecule is Cc1ccc(NC(=O)c2cc3ccc(O)cc3o/c2=N/c2sc3c(c2C#N)CCCC3)cc1. The minimum atomic E-state index is -0.365. The van der Waals surface area contributed by atoms with Gasteiger partial charge in [-0.1, -0.05) is 17.7 Å². The lowest BCUT2D eigenvalue weighted by Gasteiger charge is -2.09.